The Hall–Kier alpha value is -4.08. The highest BCUT2D eigenvalue weighted by Crippen LogP contribution is 2.54. The van der Waals surface area contributed by atoms with Crippen molar-refractivity contribution in [3.8, 4) is 11.5 Å². The zero-order chi connectivity index (χ0) is 44.3. The van der Waals surface area contributed by atoms with Crippen LogP contribution in [-0.4, -0.2) is 55.5 Å². The molecule has 0 radical (unpaired) electrons. The number of aliphatic carboxylic acids is 4. The second-order valence-electron chi connectivity index (χ2n) is 19.8. The van der Waals surface area contributed by atoms with Gasteiger partial charge in [0.15, 0.2) is 0 Å². The van der Waals surface area contributed by atoms with Crippen LogP contribution in [0, 0.1) is 35.5 Å². The lowest BCUT2D eigenvalue weighted by atomic mass is 9.86. The molecule has 0 aliphatic heterocycles. The van der Waals surface area contributed by atoms with Gasteiger partial charge in [-0.3, -0.25) is 19.2 Å². The van der Waals surface area contributed by atoms with E-state index in [-0.39, 0.29) is 5.75 Å². The molecule has 2 fully saturated rings. The number of hydrogen-bond donors (Lipinski definition) is 5. The van der Waals surface area contributed by atoms with E-state index in [9.17, 15) is 44.7 Å². The fourth-order valence-corrected chi connectivity index (χ4v) is 9.05. The zero-order valence-corrected chi connectivity index (χ0v) is 37.4. The van der Waals surface area contributed by atoms with Crippen molar-refractivity contribution in [2.24, 2.45) is 21.7 Å². The second-order valence-corrected chi connectivity index (χ2v) is 19.8. The standard InChI is InChI=1S/C50H74O10/c1-34-29-35(2)39(21-13-9-15-23-47(3,4)43(52)53)36(30-34)19-12-8-18-26-50(46(58)59)33-42(50)60-41-32-38(51)31-37(20-11-7-17-25-49(27-28-49)45(56)57)40(41)22-14-10-16-24-48(5,6)44(54)55/h29-32,42,51H,7-28,33H2,1-6H3,(H,52,53)(H,54,55)(H,56,57)(H,58,59). The number of aryl methyl sites for hydroxylation is 4. The third-order valence-electron chi connectivity index (χ3n) is 13.8. The van der Waals surface area contributed by atoms with Gasteiger partial charge in [0.25, 0.3) is 0 Å². The summed E-state index contributed by atoms with van der Waals surface area (Å²) in [6.45, 7) is 11.3. The average molecular weight is 835 g/mol. The first kappa shape index (κ1) is 48.6. The van der Waals surface area contributed by atoms with Gasteiger partial charge in [0.1, 0.15) is 23.0 Å². The first-order valence-corrected chi connectivity index (χ1v) is 22.8. The molecule has 4 rings (SSSR count). The maximum absolute atomic E-state index is 12.8. The summed E-state index contributed by atoms with van der Waals surface area (Å²) in [6, 6.07) is 7.89. The number of phenolic OH excluding ortho intramolecular Hbond substituents is 1. The number of phenols is 1. The summed E-state index contributed by atoms with van der Waals surface area (Å²) in [5, 5.41) is 49.9. The van der Waals surface area contributed by atoms with E-state index in [4.69, 9.17) is 4.74 Å². The van der Waals surface area contributed by atoms with E-state index in [1.54, 1.807) is 39.8 Å². The molecule has 0 amide bonds. The smallest absolute Gasteiger partial charge is 0.313 e. The summed E-state index contributed by atoms with van der Waals surface area (Å²) >= 11 is 0. The van der Waals surface area contributed by atoms with Crippen molar-refractivity contribution in [3.05, 3.63) is 57.6 Å². The number of ether oxygens (including phenoxy) is 1. The van der Waals surface area contributed by atoms with Crippen LogP contribution in [0.1, 0.15) is 183 Å². The molecule has 0 heterocycles. The molecule has 2 aliphatic carbocycles. The predicted molar refractivity (Wildman–Crippen MR) is 234 cm³/mol. The van der Waals surface area contributed by atoms with Crippen LogP contribution in [0.3, 0.4) is 0 Å². The van der Waals surface area contributed by atoms with Crippen LogP contribution in [-0.2, 0) is 44.9 Å². The molecular formula is C50H74O10. The fourth-order valence-electron chi connectivity index (χ4n) is 9.05. The van der Waals surface area contributed by atoms with Gasteiger partial charge in [-0.05, 0) is 165 Å². The minimum Gasteiger partial charge on any atom is -0.508 e. The lowest BCUT2D eigenvalue weighted by Gasteiger charge is -2.20. The third kappa shape index (κ3) is 13.5. The number of benzene rings is 2. The minimum atomic E-state index is -0.978. The maximum Gasteiger partial charge on any atom is 0.313 e. The average Bonchev–Trinajstić information content (AvgIpc) is 4.09. The van der Waals surface area contributed by atoms with Crippen LogP contribution >= 0.6 is 0 Å². The molecule has 2 saturated carbocycles. The molecule has 0 aromatic heterocycles. The van der Waals surface area contributed by atoms with Crippen LogP contribution < -0.4 is 4.74 Å². The van der Waals surface area contributed by atoms with Crippen molar-refractivity contribution in [2.75, 3.05) is 0 Å². The number of rotatable bonds is 30. The number of carbonyl (C=O) groups is 4. The molecule has 60 heavy (non-hydrogen) atoms. The predicted octanol–water partition coefficient (Wildman–Crippen LogP) is 11.4. The van der Waals surface area contributed by atoms with Crippen molar-refractivity contribution in [2.45, 2.75) is 195 Å². The third-order valence-corrected chi connectivity index (χ3v) is 13.8. The Morgan fingerprint density at radius 1 is 0.617 bits per heavy atom. The van der Waals surface area contributed by atoms with Crippen LogP contribution in [0.4, 0.5) is 0 Å². The van der Waals surface area contributed by atoms with Gasteiger partial charge in [-0.15, -0.1) is 0 Å². The Kier molecular flexibility index (Phi) is 17.1. The van der Waals surface area contributed by atoms with Crippen LogP contribution in [0.5, 0.6) is 11.5 Å². The highest BCUT2D eigenvalue weighted by molar-refractivity contribution is 5.79. The first-order chi connectivity index (χ1) is 28.2. The minimum absolute atomic E-state index is 0.0734. The summed E-state index contributed by atoms with van der Waals surface area (Å²) < 4.78 is 6.55. The zero-order valence-electron chi connectivity index (χ0n) is 37.4. The molecule has 0 saturated heterocycles. The molecule has 334 valence electrons. The Morgan fingerprint density at radius 3 is 1.63 bits per heavy atom. The number of hydrogen-bond acceptors (Lipinski definition) is 6. The summed E-state index contributed by atoms with van der Waals surface area (Å²) in [6.07, 6.45) is 17.5. The van der Waals surface area contributed by atoms with Gasteiger partial charge in [0, 0.05) is 12.5 Å². The first-order valence-electron chi connectivity index (χ1n) is 22.8. The number of carboxylic acids is 4. The Morgan fingerprint density at radius 2 is 1.12 bits per heavy atom. The Balaban J connectivity index is 1.35. The lowest BCUT2D eigenvalue weighted by molar-refractivity contribution is -0.148. The normalized spacial score (nSPS) is 18.3. The summed E-state index contributed by atoms with van der Waals surface area (Å²) in [7, 11) is 0. The van der Waals surface area contributed by atoms with E-state index in [0.717, 1.165) is 114 Å². The molecule has 10 nitrogen and oxygen atoms in total. The van der Waals surface area contributed by atoms with Gasteiger partial charge in [-0.1, -0.05) is 69.1 Å². The van der Waals surface area contributed by atoms with Crippen molar-refractivity contribution in [1.29, 1.82) is 0 Å². The summed E-state index contributed by atoms with van der Waals surface area (Å²) in [4.78, 5) is 47.5. The Labute approximate surface area is 358 Å². The molecule has 0 spiro atoms. The lowest BCUT2D eigenvalue weighted by Crippen LogP contribution is -2.23. The molecule has 10 heteroatoms. The summed E-state index contributed by atoms with van der Waals surface area (Å²) in [5.74, 6) is -2.51. The molecule has 2 atom stereocenters. The van der Waals surface area contributed by atoms with Crippen molar-refractivity contribution >= 4 is 23.9 Å². The Bertz CT molecular complexity index is 1800. The summed E-state index contributed by atoms with van der Waals surface area (Å²) in [5.41, 5.74) is 4.17. The van der Waals surface area contributed by atoms with E-state index < -0.39 is 51.6 Å². The molecular weight excluding hydrogens is 761 g/mol. The van der Waals surface area contributed by atoms with Gasteiger partial charge in [0.2, 0.25) is 0 Å². The van der Waals surface area contributed by atoms with Gasteiger partial charge in [0.05, 0.1) is 16.2 Å². The second kappa shape index (κ2) is 21.1. The van der Waals surface area contributed by atoms with E-state index in [1.165, 1.54) is 22.3 Å². The number of carboxylic acid groups (broad SMARTS) is 4. The SMILES string of the molecule is Cc1cc(C)c(CCCCCC(C)(C)C(=O)O)c(CCCCCC2(C(=O)O)CC2Oc2cc(O)cc(CCCCCC3(C(=O)O)CC3)c2CCCCCC(C)(C)C(=O)O)c1. The highest BCUT2D eigenvalue weighted by atomic mass is 16.5. The maximum atomic E-state index is 12.8. The van der Waals surface area contributed by atoms with Crippen LogP contribution in [0.2, 0.25) is 0 Å². The fraction of sp³-hybridized carbons (Fsp3) is 0.680. The van der Waals surface area contributed by atoms with Gasteiger partial charge >= 0.3 is 23.9 Å². The van der Waals surface area contributed by atoms with Crippen LogP contribution in [0.15, 0.2) is 24.3 Å². The molecule has 2 aromatic rings. The molecule has 5 N–H and O–H groups in total. The van der Waals surface area contributed by atoms with Crippen LogP contribution in [0.25, 0.3) is 0 Å². The van der Waals surface area contributed by atoms with Gasteiger partial charge in [-0.25, -0.2) is 0 Å². The van der Waals surface area contributed by atoms with Crippen molar-refractivity contribution in [1.82, 2.24) is 0 Å². The molecule has 2 aliphatic rings. The van der Waals surface area contributed by atoms with E-state index in [2.05, 4.69) is 26.0 Å². The molecule has 2 aromatic carbocycles. The van der Waals surface area contributed by atoms with Gasteiger partial charge in [-0.2, -0.15) is 0 Å². The quantitative estimate of drug-likeness (QED) is 0.0476. The number of unbranched alkanes of at least 4 members (excludes halogenated alkanes) is 8. The van der Waals surface area contributed by atoms with E-state index in [0.29, 0.717) is 50.7 Å². The van der Waals surface area contributed by atoms with E-state index >= 15 is 0 Å². The van der Waals surface area contributed by atoms with Crippen molar-refractivity contribution in [3.63, 3.8) is 0 Å². The monoisotopic (exact) mass is 835 g/mol. The molecule has 0 bridgehead atoms. The van der Waals surface area contributed by atoms with Crippen molar-refractivity contribution < 1.29 is 49.4 Å². The molecule has 2 unspecified atom stereocenters. The number of aromatic hydroxyl groups is 1. The highest BCUT2D eigenvalue weighted by Gasteiger charge is 2.62. The van der Waals surface area contributed by atoms with E-state index in [1.807, 2.05) is 0 Å². The topological polar surface area (TPSA) is 179 Å². The van der Waals surface area contributed by atoms with Gasteiger partial charge < -0.3 is 30.3 Å². The largest absolute Gasteiger partial charge is 0.508 e.